The fraction of sp³-hybridized carbons (Fsp3) is 0.267. The molecule has 1 aromatic carbocycles. The van der Waals surface area contributed by atoms with Crippen LogP contribution in [0.3, 0.4) is 0 Å². The quantitative estimate of drug-likeness (QED) is 0.834. The summed E-state index contributed by atoms with van der Waals surface area (Å²) in [7, 11) is 0. The number of carboxylic acid groups (broad SMARTS) is 1. The van der Waals surface area contributed by atoms with Crippen molar-refractivity contribution in [2.45, 2.75) is 26.3 Å². The van der Waals surface area contributed by atoms with Gasteiger partial charge in [-0.15, -0.1) is 11.3 Å². The molecule has 1 heterocycles. The third-order valence-corrected chi connectivity index (χ3v) is 5.17. The number of benzene rings is 1. The van der Waals surface area contributed by atoms with Crippen molar-refractivity contribution in [3.05, 3.63) is 49.4 Å². The third-order valence-electron chi connectivity index (χ3n) is 3.10. The van der Waals surface area contributed by atoms with Gasteiger partial charge in [0.05, 0.1) is 28.2 Å². The van der Waals surface area contributed by atoms with Gasteiger partial charge < -0.3 is 10.4 Å². The first-order valence-corrected chi connectivity index (χ1v) is 8.29. The van der Waals surface area contributed by atoms with E-state index in [1.807, 2.05) is 0 Å². The summed E-state index contributed by atoms with van der Waals surface area (Å²) in [4.78, 5) is 27.5. The first-order valence-electron chi connectivity index (χ1n) is 6.72. The van der Waals surface area contributed by atoms with E-state index in [0.29, 0.717) is 20.7 Å². The van der Waals surface area contributed by atoms with E-state index in [4.69, 9.17) is 28.3 Å². The Hall–Kier alpha value is -1.63. The number of aromatic carboxylic acids is 1. The lowest BCUT2D eigenvalue weighted by Gasteiger charge is -2.11. The summed E-state index contributed by atoms with van der Waals surface area (Å²) in [5.74, 6) is -1.22. The van der Waals surface area contributed by atoms with Crippen LogP contribution in [0.5, 0.6) is 0 Å². The van der Waals surface area contributed by atoms with Crippen LogP contribution < -0.4 is 5.32 Å². The van der Waals surface area contributed by atoms with E-state index in [9.17, 15) is 9.59 Å². The minimum absolute atomic E-state index is 0.150. The average Bonchev–Trinajstić information content (AvgIpc) is 2.85. The lowest BCUT2D eigenvalue weighted by atomic mass is 10.1. The highest BCUT2D eigenvalue weighted by Gasteiger charge is 2.19. The number of halogens is 2. The molecule has 0 saturated heterocycles. The van der Waals surface area contributed by atoms with E-state index in [-0.39, 0.29) is 23.2 Å². The van der Waals surface area contributed by atoms with Gasteiger partial charge in [-0.05, 0) is 31.5 Å². The fourth-order valence-corrected chi connectivity index (χ4v) is 3.22. The van der Waals surface area contributed by atoms with Crippen molar-refractivity contribution >= 4 is 46.4 Å². The van der Waals surface area contributed by atoms with Crippen LogP contribution in [0.15, 0.2) is 18.2 Å². The van der Waals surface area contributed by atoms with Crippen molar-refractivity contribution in [3.8, 4) is 0 Å². The van der Waals surface area contributed by atoms with Crippen LogP contribution in [0.1, 0.15) is 38.9 Å². The number of aromatic nitrogens is 1. The van der Waals surface area contributed by atoms with E-state index in [1.165, 1.54) is 0 Å². The molecule has 0 fully saturated rings. The van der Waals surface area contributed by atoms with Crippen LogP contribution in [0.25, 0.3) is 0 Å². The van der Waals surface area contributed by atoms with Crippen LogP contribution in [0, 0.1) is 6.92 Å². The lowest BCUT2D eigenvalue weighted by molar-refractivity contribution is -0.121. The zero-order valence-electron chi connectivity index (χ0n) is 12.4. The van der Waals surface area contributed by atoms with Gasteiger partial charge in [0.1, 0.15) is 9.88 Å². The maximum atomic E-state index is 12.1. The first kappa shape index (κ1) is 17.7. The highest BCUT2D eigenvalue weighted by molar-refractivity contribution is 7.13. The molecule has 5 nitrogen and oxygen atoms in total. The van der Waals surface area contributed by atoms with Crippen LogP contribution in [0.2, 0.25) is 10.0 Å². The van der Waals surface area contributed by atoms with Gasteiger partial charge in [-0.25, -0.2) is 9.78 Å². The van der Waals surface area contributed by atoms with E-state index >= 15 is 0 Å². The number of aryl methyl sites for hydroxylation is 1. The molecule has 122 valence electrons. The smallest absolute Gasteiger partial charge is 0.347 e. The second-order valence-electron chi connectivity index (χ2n) is 4.99. The summed E-state index contributed by atoms with van der Waals surface area (Å²) in [5.41, 5.74) is 1.19. The monoisotopic (exact) mass is 372 g/mol. The minimum atomic E-state index is -1.01. The molecule has 2 N–H and O–H groups in total. The molecule has 1 aromatic heterocycles. The van der Waals surface area contributed by atoms with Crippen molar-refractivity contribution in [2.24, 2.45) is 0 Å². The molecule has 0 saturated carbocycles. The number of rotatable bonds is 5. The Labute approximate surface area is 147 Å². The van der Waals surface area contributed by atoms with Gasteiger partial charge in [-0.3, -0.25) is 4.79 Å². The normalized spacial score (nSPS) is 12.0. The van der Waals surface area contributed by atoms with Crippen molar-refractivity contribution in [2.75, 3.05) is 0 Å². The van der Waals surface area contributed by atoms with Gasteiger partial charge in [-0.2, -0.15) is 0 Å². The molecule has 23 heavy (non-hydrogen) atoms. The van der Waals surface area contributed by atoms with E-state index in [0.717, 1.165) is 16.9 Å². The number of thiazole rings is 1. The van der Waals surface area contributed by atoms with Gasteiger partial charge in [0, 0.05) is 0 Å². The molecule has 2 rings (SSSR count). The number of amides is 1. The molecule has 1 amide bonds. The Balaban J connectivity index is 2.03. The number of carboxylic acids is 1. The molecular weight excluding hydrogens is 359 g/mol. The van der Waals surface area contributed by atoms with Crippen molar-refractivity contribution < 1.29 is 14.7 Å². The van der Waals surface area contributed by atoms with Gasteiger partial charge in [0.2, 0.25) is 5.91 Å². The predicted octanol–water partition coefficient (Wildman–Crippen LogP) is 3.88. The molecule has 8 heteroatoms. The van der Waals surface area contributed by atoms with Crippen LogP contribution in [-0.4, -0.2) is 22.0 Å². The Morgan fingerprint density at radius 2 is 2.04 bits per heavy atom. The number of hydrogen-bond donors (Lipinski definition) is 2. The fourth-order valence-electron chi connectivity index (χ4n) is 1.99. The predicted molar refractivity (Wildman–Crippen MR) is 90.5 cm³/mol. The zero-order valence-corrected chi connectivity index (χ0v) is 14.7. The zero-order chi connectivity index (χ0) is 17.1. The Morgan fingerprint density at radius 1 is 1.35 bits per heavy atom. The maximum Gasteiger partial charge on any atom is 0.347 e. The Morgan fingerprint density at radius 3 is 2.61 bits per heavy atom. The van der Waals surface area contributed by atoms with Gasteiger partial charge >= 0.3 is 5.97 Å². The van der Waals surface area contributed by atoms with Crippen LogP contribution in [0.4, 0.5) is 0 Å². The summed E-state index contributed by atoms with van der Waals surface area (Å²) in [6, 6.07) is 4.64. The maximum absolute atomic E-state index is 12.1. The molecule has 0 aliphatic rings. The number of hydrogen-bond acceptors (Lipinski definition) is 4. The van der Waals surface area contributed by atoms with E-state index in [1.54, 1.807) is 32.0 Å². The summed E-state index contributed by atoms with van der Waals surface area (Å²) in [6.45, 7) is 3.39. The minimum Gasteiger partial charge on any atom is -0.477 e. The van der Waals surface area contributed by atoms with Gasteiger partial charge in [0.15, 0.2) is 0 Å². The number of carbonyl (C=O) groups excluding carboxylic acids is 1. The van der Waals surface area contributed by atoms with Crippen LogP contribution in [-0.2, 0) is 11.2 Å². The van der Waals surface area contributed by atoms with Crippen molar-refractivity contribution in [1.82, 2.24) is 10.3 Å². The topological polar surface area (TPSA) is 79.3 Å². The van der Waals surface area contributed by atoms with Gasteiger partial charge in [0.25, 0.3) is 0 Å². The van der Waals surface area contributed by atoms with Gasteiger partial charge in [-0.1, -0.05) is 29.3 Å². The molecule has 0 bridgehead atoms. The second kappa shape index (κ2) is 7.29. The SMILES string of the molecule is Cc1nc(C(C)NC(=O)Cc2ccc(Cl)c(Cl)c2)sc1C(=O)O. The average molecular weight is 373 g/mol. The molecule has 0 spiro atoms. The molecule has 1 unspecified atom stereocenters. The second-order valence-corrected chi connectivity index (χ2v) is 6.83. The molecule has 2 aromatic rings. The van der Waals surface area contributed by atoms with Crippen molar-refractivity contribution in [3.63, 3.8) is 0 Å². The van der Waals surface area contributed by atoms with E-state index in [2.05, 4.69) is 10.3 Å². The number of nitrogens with zero attached hydrogens (tertiary/aromatic N) is 1. The standard InChI is InChI=1S/C15H14Cl2N2O3S/c1-7-13(15(21)22)23-14(19-7)8(2)18-12(20)6-9-3-4-10(16)11(17)5-9/h3-5,8H,6H2,1-2H3,(H,18,20)(H,21,22). The summed E-state index contributed by atoms with van der Waals surface area (Å²) in [5, 5.41) is 13.2. The van der Waals surface area contributed by atoms with E-state index < -0.39 is 5.97 Å². The highest BCUT2D eigenvalue weighted by atomic mass is 35.5. The molecular formula is C15H14Cl2N2O3S. The molecule has 0 radical (unpaired) electrons. The summed E-state index contributed by atoms with van der Waals surface area (Å²) in [6.07, 6.45) is 0.150. The highest BCUT2D eigenvalue weighted by Crippen LogP contribution is 2.24. The van der Waals surface area contributed by atoms with Crippen molar-refractivity contribution in [1.29, 1.82) is 0 Å². The lowest BCUT2D eigenvalue weighted by Crippen LogP contribution is -2.28. The summed E-state index contributed by atoms with van der Waals surface area (Å²) >= 11 is 12.8. The Bertz CT molecular complexity index is 761. The molecule has 0 aliphatic carbocycles. The molecule has 1 atom stereocenters. The van der Waals surface area contributed by atoms with Crippen LogP contribution >= 0.6 is 34.5 Å². The first-order chi connectivity index (χ1) is 10.8. The third kappa shape index (κ3) is 4.43. The molecule has 0 aliphatic heterocycles. The largest absolute Gasteiger partial charge is 0.477 e. The number of carbonyl (C=O) groups is 2. The number of nitrogens with one attached hydrogen (secondary N) is 1. The Kier molecular flexibility index (Phi) is 5.62. The summed E-state index contributed by atoms with van der Waals surface area (Å²) < 4.78 is 0.